The van der Waals surface area contributed by atoms with E-state index in [0.29, 0.717) is 0 Å². The molecule has 0 saturated carbocycles. The zero-order chi connectivity index (χ0) is 13.8. The van der Waals surface area contributed by atoms with E-state index >= 15 is 0 Å². The summed E-state index contributed by atoms with van der Waals surface area (Å²) in [5.41, 5.74) is 4.60. The summed E-state index contributed by atoms with van der Waals surface area (Å²) >= 11 is 0. The first-order chi connectivity index (χ1) is 9.08. The van der Waals surface area contributed by atoms with Gasteiger partial charge in [0.25, 0.3) is 0 Å². The Labute approximate surface area is 115 Å². The Morgan fingerprint density at radius 1 is 1.05 bits per heavy atom. The van der Waals surface area contributed by atoms with Crippen LogP contribution in [0.1, 0.15) is 29.7 Å². The molecule has 0 spiro atoms. The normalized spacial score (nSPS) is 12.2. The Kier molecular flexibility index (Phi) is 4.23. The number of hydrogen-bond acceptors (Lipinski definition) is 2. The summed E-state index contributed by atoms with van der Waals surface area (Å²) in [4.78, 5) is 2.17. The third kappa shape index (κ3) is 3.36. The van der Waals surface area contributed by atoms with E-state index in [1.807, 2.05) is 18.2 Å². The van der Waals surface area contributed by atoms with Crippen molar-refractivity contribution in [1.82, 2.24) is 0 Å². The summed E-state index contributed by atoms with van der Waals surface area (Å²) in [5, 5.41) is 9.83. The molecule has 0 amide bonds. The first kappa shape index (κ1) is 13.6. The minimum Gasteiger partial charge on any atom is -0.389 e. The van der Waals surface area contributed by atoms with Crippen LogP contribution in [0.2, 0.25) is 0 Å². The van der Waals surface area contributed by atoms with E-state index in [1.54, 1.807) is 6.92 Å². The quantitative estimate of drug-likeness (QED) is 0.900. The van der Waals surface area contributed by atoms with Crippen LogP contribution in [0.15, 0.2) is 48.5 Å². The summed E-state index contributed by atoms with van der Waals surface area (Å²) in [6, 6.07) is 16.6. The highest BCUT2D eigenvalue weighted by Gasteiger charge is 2.10. The molecule has 0 fully saturated rings. The molecule has 2 aromatic carbocycles. The highest BCUT2D eigenvalue weighted by molar-refractivity contribution is 5.54. The number of aliphatic hydroxyl groups excluding tert-OH is 1. The van der Waals surface area contributed by atoms with Gasteiger partial charge in [0.1, 0.15) is 0 Å². The van der Waals surface area contributed by atoms with E-state index in [9.17, 15) is 5.11 Å². The SMILES string of the molecule is Cc1ccc(CN(C)c2ccccc2C(C)O)cc1. The van der Waals surface area contributed by atoms with Crippen LogP contribution in [0, 0.1) is 6.92 Å². The monoisotopic (exact) mass is 255 g/mol. The largest absolute Gasteiger partial charge is 0.389 e. The van der Waals surface area contributed by atoms with E-state index in [2.05, 4.69) is 49.2 Å². The Balaban J connectivity index is 2.20. The van der Waals surface area contributed by atoms with E-state index in [-0.39, 0.29) is 0 Å². The number of rotatable bonds is 4. The van der Waals surface area contributed by atoms with Crippen LogP contribution in [-0.2, 0) is 6.54 Å². The molecule has 1 N–H and O–H groups in total. The number of aryl methyl sites for hydroxylation is 1. The molecule has 0 aliphatic rings. The number of aliphatic hydroxyl groups is 1. The molecule has 0 aliphatic heterocycles. The van der Waals surface area contributed by atoms with Gasteiger partial charge in [-0.15, -0.1) is 0 Å². The van der Waals surface area contributed by atoms with Gasteiger partial charge in [-0.3, -0.25) is 0 Å². The van der Waals surface area contributed by atoms with E-state index < -0.39 is 6.10 Å². The van der Waals surface area contributed by atoms with Crippen LogP contribution in [0.3, 0.4) is 0 Å². The van der Waals surface area contributed by atoms with Gasteiger partial charge < -0.3 is 10.0 Å². The summed E-state index contributed by atoms with van der Waals surface area (Å²) < 4.78 is 0. The van der Waals surface area contributed by atoms with Gasteiger partial charge in [-0.25, -0.2) is 0 Å². The van der Waals surface area contributed by atoms with Gasteiger partial charge in [-0.1, -0.05) is 48.0 Å². The van der Waals surface area contributed by atoms with Gasteiger partial charge >= 0.3 is 0 Å². The van der Waals surface area contributed by atoms with Crippen molar-refractivity contribution in [2.75, 3.05) is 11.9 Å². The average Bonchev–Trinajstić information content (AvgIpc) is 2.41. The maximum absolute atomic E-state index is 9.83. The molecule has 0 radical (unpaired) electrons. The van der Waals surface area contributed by atoms with Gasteiger partial charge in [-0.2, -0.15) is 0 Å². The molecule has 2 aromatic rings. The zero-order valence-corrected chi connectivity index (χ0v) is 11.8. The standard InChI is InChI=1S/C17H21NO/c1-13-8-10-15(11-9-13)12-18(3)17-7-5-4-6-16(17)14(2)19/h4-11,14,19H,12H2,1-3H3. The van der Waals surface area contributed by atoms with E-state index in [1.165, 1.54) is 11.1 Å². The third-order valence-corrected chi connectivity index (χ3v) is 3.34. The lowest BCUT2D eigenvalue weighted by molar-refractivity contribution is 0.199. The molecule has 2 heteroatoms. The van der Waals surface area contributed by atoms with E-state index in [4.69, 9.17) is 0 Å². The predicted octanol–water partition coefficient (Wildman–Crippen LogP) is 3.68. The lowest BCUT2D eigenvalue weighted by Gasteiger charge is -2.23. The van der Waals surface area contributed by atoms with Crippen LogP contribution in [0.25, 0.3) is 0 Å². The maximum atomic E-state index is 9.83. The molecule has 2 rings (SSSR count). The van der Waals surface area contributed by atoms with Gasteiger partial charge in [0.15, 0.2) is 0 Å². The molecular formula is C17H21NO. The van der Waals surface area contributed by atoms with Crippen LogP contribution in [-0.4, -0.2) is 12.2 Å². The number of hydrogen-bond donors (Lipinski definition) is 1. The number of benzene rings is 2. The minimum absolute atomic E-state index is 0.448. The summed E-state index contributed by atoms with van der Waals surface area (Å²) in [7, 11) is 2.06. The second-order valence-corrected chi connectivity index (χ2v) is 5.08. The van der Waals surface area contributed by atoms with Crippen LogP contribution in [0.4, 0.5) is 5.69 Å². The summed E-state index contributed by atoms with van der Waals surface area (Å²) in [6.45, 7) is 4.73. The van der Waals surface area contributed by atoms with Crippen molar-refractivity contribution >= 4 is 5.69 Å². The fourth-order valence-corrected chi connectivity index (χ4v) is 2.24. The fourth-order valence-electron chi connectivity index (χ4n) is 2.24. The minimum atomic E-state index is -0.448. The molecule has 0 aromatic heterocycles. The van der Waals surface area contributed by atoms with Crippen molar-refractivity contribution in [2.24, 2.45) is 0 Å². The third-order valence-electron chi connectivity index (χ3n) is 3.34. The topological polar surface area (TPSA) is 23.5 Å². The van der Waals surface area contributed by atoms with Crippen molar-refractivity contribution in [2.45, 2.75) is 26.5 Å². The fraction of sp³-hybridized carbons (Fsp3) is 0.294. The number of anilines is 1. The molecule has 1 atom stereocenters. The Bertz CT molecular complexity index is 531. The lowest BCUT2D eigenvalue weighted by Crippen LogP contribution is -2.18. The van der Waals surface area contributed by atoms with Gasteiger partial charge in [0.05, 0.1) is 6.10 Å². The molecule has 19 heavy (non-hydrogen) atoms. The van der Waals surface area contributed by atoms with Crippen molar-refractivity contribution in [3.8, 4) is 0 Å². The molecule has 0 heterocycles. The van der Waals surface area contributed by atoms with Crippen molar-refractivity contribution in [3.63, 3.8) is 0 Å². The zero-order valence-electron chi connectivity index (χ0n) is 11.8. The van der Waals surface area contributed by atoms with Gasteiger partial charge in [0, 0.05) is 24.8 Å². The summed E-state index contributed by atoms with van der Waals surface area (Å²) in [5.74, 6) is 0. The first-order valence-corrected chi connectivity index (χ1v) is 6.61. The maximum Gasteiger partial charge on any atom is 0.0781 e. The number of nitrogens with zero attached hydrogens (tertiary/aromatic N) is 1. The molecule has 100 valence electrons. The first-order valence-electron chi connectivity index (χ1n) is 6.61. The number of para-hydroxylation sites is 1. The average molecular weight is 255 g/mol. The lowest BCUT2D eigenvalue weighted by atomic mass is 10.1. The predicted molar refractivity (Wildman–Crippen MR) is 80.4 cm³/mol. The molecule has 0 saturated heterocycles. The van der Waals surface area contributed by atoms with E-state index in [0.717, 1.165) is 17.8 Å². The van der Waals surface area contributed by atoms with Crippen LogP contribution < -0.4 is 4.90 Å². The Morgan fingerprint density at radius 2 is 1.68 bits per heavy atom. The molecule has 2 nitrogen and oxygen atoms in total. The second kappa shape index (κ2) is 5.89. The molecular weight excluding hydrogens is 234 g/mol. The van der Waals surface area contributed by atoms with Crippen LogP contribution >= 0.6 is 0 Å². The Morgan fingerprint density at radius 3 is 2.32 bits per heavy atom. The molecule has 1 unspecified atom stereocenters. The Hall–Kier alpha value is -1.80. The molecule has 0 bridgehead atoms. The highest BCUT2D eigenvalue weighted by Crippen LogP contribution is 2.26. The smallest absolute Gasteiger partial charge is 0.0781 e. The second-order valence-electron chi connectivity index (χ2n) is 5.08. The van der Waals surface area contributed by atoms with Gasteiger partial charge in [-0.05, 0) is 25.5 Å². The van der Waals surface area contributed by atoms with Crippen molar-refractivity contribution in [3.05, 3.63) is 65.2 Å². The summed E-state index contributed by atoms with van der Waals surface area (Å²) in [6.07, 6.45) is -0.448. The van der Waals surface area contributed by atoms with Crippen molar-refractivity contribution in [1.29, 1.82) is 0 Å². The van der Waals surface area contributed by atoms with Crippen LogP contribution in [0.5, 0.6) is 0 Å². The van der Waals surface area contributed by atoms with Crippen molar-refractivity contribution < 1.29 is 5.11 Å². The molecule has 0 aliphatic carbocycles. The highest BCUT2D eigenvalue weighted by atomic mass is 16.3. The van der Waals surface area contributed by atoms with Gasteiger partial charge in [0.2, 0.25) is 0 Å².